The number of urea groups is 1. The molecule has 9 heteroatoms. The van der Waals surface area contributed by atoms with Gasteiger partial charge < -0.3 is 9.84 Å². The van der Waals surface area contributed by atoms with Gasteiger partial charge in [-0.2, -0.15) is 0 Å². The van der Waals surface area contributed by atoms with Crippen molar-refractivity contribution in [1.29, 1.82) is 0 Å². The molecule has 150 valence electrons. The Bertz CT molecular complexity index is 1070. The Kier molecular flexibility index (Phi) is 5.81. The summed E-state index contributed by atoms with van der Waals surface area (Å²) >= 11 is 12.1. The molecule has 0 atom stereocenters. The van der Waals surface area contributed by atoms with Gasteiger partial charge in [0.2, 0.25) is 0 Å². The highest BCUT2D eigenvalue weighted by molar-refractivity contribution is 6.40. The van der Waals surface area contributed by atoms with Gasteiger partial charge in [0.1, 0.15) is 5.57 Å². The first kappa shape index (κ1) is 20.7. The molecule has 3 rings (SSSR count). The fraction of sp³-hybridized carbons (Fsp3) is 0.150. The molecule has 1 fully saturated rings. The highest BCUT2D eigenvalue weighted by atomic mass is 35.5. The normalized spacial score (nSPS) is 15.7. The van der Waals surface area contributed by atoms with Gasteiger partial charge in [0.15, 0.2) is 11.5 Å². The third-order valence-corrected chi connectivity index (χ3v) is 4.94. The number of carbonyl (C=O) groups excluding carboxylic acids is 3. The zero-order valence-electron chi connectivity index (χ0n) is 15.5. The van der Waals surface area contributed by atoms with E-state index in [9.17, 15) is 19.5 Å². The van der Waals surface area contributed by atoms with Gasteiger partial charge >= 0.3 is 6.03 Å². The van der Waals surface area contributed by atoms with E-state index in [2.05, 4.69) is 5.32 Å². The van der Waals surface area contributed by atoms with E-state index in [-0.39, 0.29) is 34.4 Å². The molecule has 4 amide bonds. The third kappa shape index (κ3) is 3.92. The summed E-state index contributed by atoms with van der Waals surface area (Å²) in [6.45, 7) is 3.67. The number of hydrogen-bond donors (Lipinski definition) is 2. The topological polar surface area (TPSA) is 95.9 Å². The molecular formula is C20H16Cl2N2O5. The minimum Gasteiger partial charge on any atom is -0.503 e. The Balaban J connectivity index is 2.08. The molecule has 29 heavy (non-hydrogen) atoms. The molecule has 0 saturated carbocycles. The average Bonchev–Trinajstić information content (AvgIpc) is 2.66. The summed E-state index contributed by atoms with van der Waals surface area (Å²) in [5, 5.41) is 12.5. The Morgan fingerprint density at radius 3 is 2.59 bits per heavy atom. The standard InChI is InChI=1S/C20H16Cl2N2O5/c1-3-29-16-9-11(8-14(22)17(16)25)7-12-18(26)23-20(28)24(19(12)27)15-6-4-5-13(21)10(15)2/h4-9,25H,3H2,1-2H3,(H,23,26,28)/b12-7+. The lowest BCUT2D eigenvalue weighted by Crippen LogP contribution is -2.54. The van der Waals surface area contributed by atoms with Crippen LogP contribution in [0.25, 0.3) is 6.08 Å². The summed E-state index contributed by atoms with van der Waals surface area (Å²) in [5.41, 5.74) is 0.829. The van der Waals surface area contributed by atoms with E-state index in [0.29, 0.717) is 16.1 Å². The van der Waals surface area contributed by atoms with Gasteiger partial charge in [-0.05, 0) is 55.3 Å². The van der Waals surface area contributed by atoms with E-state index in [1.54, 1.807) is 32.0 Å². The second-order valence-electron chi connectivity index (χ2n) is 6.12. The molecule has 0 radical (unpaired) electrons. The van der Waals surface area contributed by atoms with Crippen molar-refractivity contribution in [2.75, 3.05) is 11.5 Å². The molecule has 7 nitrogen and oxygen atoms in total. The molecule has 0 spiro atoms. The molecular weight excluding hydrogens is 419 g/mol. The number of benzene rings is 2. The van der Waals surface area contributed by atoms with Crippen LogP contribution in [0.15, 0.2) is 35.9 Å². The van der Waals surface area contributed by atoms with Crippen LogP contribution >= 0.6 is 23.2 Å². The first-order valence-electron chi connectivity index (χ1n) is 8.56. The SMILES string of the molecule is CCOc1cc(/C=C2\C(=O)NC(=O)N(c3cccc(Cl)c3C)C2=O)cc(Cl)c1O. The van der Waals surface area contributed by atoms with Crippen molar-refractivity contribution >= 4 is 52.8 Å². The molecule has 2 aromatic rings. The van der Waals surface area contributed by atoms with E-state index in [4.69, 9.17) is 27.9 Å². The van der Waals surface area contributed by atoms with E-state index in [0.717, 1.165) is 4.90 Å². The second-order valence-corrected chi connectivity index (χ2v) is 6.94. The summed E-state index contributed by atoms with van der Waals surface area (Å²) in [4.78, 5) is 38.5. The van der Waals surface area contributed by atoms with Crippen LogP contribution in [-0.2, 0) is 9.59 Å². The van der Waals surface area contributed by atoms with Crippen LogP contribution in [0.1, 0.15) is 18.1 Å². The number of barbiturate groups is 1. The maximum Gasteiger partial charge on any atom is 0.335 e. The number of imide groups is 2. The summed E-state index contributed by atoms with van der Waals surface area (Å²) in [6.07, 6.45) is 1.27. The number of rotatable bonds is 4. The number of nitrogens with one attached hydrogen (secondary N) is 1. The number of hydrogen-bond acceptors (Lipinski definition) is 5. The van der Waals surface area contributed by atoms with Gasteiger partial charge in [-0.1, -0.05) is 29.3 Å². The van der Waals surface area contributed by atoms with Crippen LogP contribution < -0.4 is 15.0 Å². The zero-order valence-corrected chi connectivity index (χ0v) is 17.0. The number of carbonyl (C=O) groups is 3. The number of amides is 4. The van der Waals surface area contributed by atoms with Crippen LogP contribution in [0.5, 0.6) is 11.5 Å². The largest absolute Gasteiger partial charge is 0.503 e. The smallest absolute Gasteiger partial charge is 0.335 e. The molecule has 1 heterocycles. The first-order valence-corrected chi connectivity index (χ1v) is 9.32. The monoisotopic (exact) mass is 434 g/mol. The summed E-state index contributed by atoms with van der Waals surface area (Å²) in [5.74, 6) is -1.81. The van der Waals surface area contributed by atoms with E-state index >= 15 is 0 Å². The number of halogens is 2. The quantitative estimate of drug-likeness (QED) is 0.558. The maximum atomic E-state index is 13.0. The van der Waals surface area contributed by atoms with E-state index in [1.165, 1.54) is 18.2 Å². The maximum absolute atomic E-state index is 13.0. The number of phenolic OH excluding ortho intramolecular Hbond substituents is 1. The number of aromatic hydroxyl groups is 1. The van der Waals surface area contributed by atoms with Crippen LogP contribution in [0.4, 0.5) is 10.5 Å². The lowest BCUT2D eigenvalue weighted by molar-refractivity contribution is -0.122. The first-order chi connectivity index (χ1) is 13.7. The molecule has 1 aliphatic heterocycles. The fourth-order valence-electron chi connectivity index (χ4n) is 2.82. The Hall–Kier alpha value is -3.03. The molecule has 0 aromatic heterocycles. The van der Waals surface area contributed by atoms with Gasteiger partial charge in [-0.15, -0.1) is 0 Å². The van der Waals surface area contributed by atoms with Crippen molar-refractivity contribution in [1.82, 2.24) is 5.32 Å². The van der Waals surface area contributed by atoms with Gasteiger partial charge in [0, 0.05) is 5.02 Å². The third-order valence-electron chi connectivity index (χ3n) is 4.24. The lowest BCUT2D eigenvalue weighted by atomic mass is 10.1. The lowest BCUT2D eigenvalue weighted by Gasteiger charge is -2.27. The van der Waals surface area contributed by atoms with Crippen LogP contribution in [0, 0.1) is 6.92 Å². The van der Waals surface area contributed by atoms with Crippen LogP contribution in [0.3, 0.4) is 0 Å². The van der Waals surface area contributed by atoms with Crippen molar-refractivity contribution in [3.8, 4) is 11.5 Å². The van der Waals surface area contributed by atoms with Crippen molar-refractivity contribution in [2.45, 2.75) is 13.8 Å². The summed E-state index contributed by atoms with van der Waals surface area (Å²) in [7, 11) is 0. The molecule has 0 bridgehead atoms. The number of anilines is 1. The van der Waals surface area contributed by atoms with Crippen molar-refractivity contribution in [3.63, 3.8) is 0 Å². The predicted molar refractivity (Wildman–Crippen MR) is 109 cm³/mol. The fourth-order valence-corrected chi connectivity index (χ4v) is 3.21. The predicted octanol–water partition coefficient (Wildman–Crippen LogP) is 4.07. The highest BCUT2D eigenvalue weighted by Gasteiger charge is 2.37. The summed E-state index contributed by atoms with van der Waals surface area (Å²) in [6, 6.07) is 6.71. The van der Waals surface area contributed by atoms with Crippen molar-refractivity contribution in [3.05, 3.63) is 57.1 Å². The van der Waals surface area contributed by atoms with Gasteiger partial charge in [0.05, 0.1) is 17.3 Å². The Morgan fingerprint density at radius 2 is 1.90 bits per heavy atom. The molecule has 1 aliphatic rings. The number of ether oxygens (including phenoxy) is 1. The number of phenols is 1. The zero-order chi connectivity index (χ0) is 21.3. The molecule has 1 saturated heterocycles. The van der Waals surface area contributed by atoms with Gasteiger partial charge in [0.25, 0.3) is 11.8 Å². The van der Waals surface area contributed by atoms with Gasteiger partial charge in [-0.25, -0.2) is 9.69 Å². The molecule has 0 aliphatic carbocycles. The molecule has 2 N–H and O–H groups in total. The Morgan fingerprint density at radius 1 is 1.17 bits per heavy atom. The summed E-state index contributed by atoms with van der Waals surface area (Å²) < 4.78 is 5.31. The number of nitrogens with zero attached hydrogens (tertiary/aromatic N) is 1. The second kappa shape index (κ2) is 8.14. The molecule has 0 unspecified atom stereocenters. The van der Waals surface area contributed by atoms with Crippen LogP contribution in [-0.4, -0.2) is 29.6 Å². The minimum absolute atomic E-state index is 0.00918. The highest BCUT2D eigenvalue weighted by Crippen LogP contribution is 2.36. The minimum atomic E-state index is -0.874. The molecule has 2 aromatic carbocycles. The van der Waals surface area contributed by atoms with E-state index in [1.807, 2.05) is 0 Å². The van der Waals surface area contributed by atoms with Crippen molar-refractivity contribution < 1.29 is 24.2 Å². The average molecular weight is 435 g/mol. The van der Waals surface area contributed by atoms with Gasteiger partial charge in [-0.3, -0.25) is 14.9 Å². The Labute approximate surface area is 176 Å². The van der Waals surface area contributed by atoms with Crippen molar-refractivity contribution in [2.24, 2.45) is 0 Å². The van der Waals surface area contributed by atoms with Crippen LogP contribution in [0.2, 0.25) is 10.0 Å². The van der Waals surface area contributed by atoms with E-state index < -0.39 is 17.8 Å².